The van der Waals surface area contributed by atoms with Crippen molar-refractivity contribution in [3.8, 4) is 0 Å². The van der Waals surface area contributed by atoms with Crippen LogP contribution in [0, 0.1) is 0 Å². The minimum atomic E-state index is 0.316. The molecule has 1 aliphatic heterocycles. The minimum absolute atomic E-state index is 0.316. The van der Waals surface area contributed by atoms with Crippen LogP contribution in [0.4, 0.5) is 0 Å². The Morgan fingerprint density at radius 3 is 2.60 bits per heavy atom. The van der Waals surface area contributed by atoms with Crippen molar-refractivity contribution in [2.45, 2.75) is 44.7 Å². The van der Waals surface area contributed by atoms with Gasteiger partial charge < -0.3 is 10.4 Å². The topological polar surface area (TPSA) is 42.2 Å². The predicted molar refractivity (Wildman–Crippen MR) is 41.9 cm³/mol. The van der Waals surface area contributed by atoms with Crippen LogP contribution in [-0.4, -0.2) is 23.8 Å². The fourth-order valence-corrected chi connectivity index (χ4v) is 1.30. The average Bonchev–Trinajstić information content (AvgIpc) is 2.68. The number of unbranched alkanes of at least 4 members (excludes halogenated alkanes) is 2. The van der Waals surface area contributed by atoms with Crippen LogP contribution in [0.5, 0.6) is 0 Å². The second-order valence-corrected chi connectivity index (χ2v) is 3.06. The first-order valence-electron chi connectivity index (χ1n) is 4.25. The number of rotatable bonds is 5. The maximum absolute atomic E-state index is 8.67. The standard InChI is InChI=1S/C8H17NO/c1-2-3-4-5-7-8(6-10)9-7/h7-10H,2-6H2,1H3/t7-,8-/m0/s1. The van der Waals surface area contributed by atoms with Gasteiger partial charge in [-0.15, -0.1) is 0 Å². The molecular formula is C8H17NO. The molecule has 1 aliphatic rings. The van der Waals surface area contributed by atoms with Crippen molar-refractivity contribution in [3.05, 3.63) is 0 Å². The van der Waals surface area contributed by atoms with E-state index in [1.165, 1.54) is 25.7 Å². The lowest BCUT2D eigenvalue weighted by atomic mass is 10.1. The molecule has 1 rings (SSSR count). The summed E-state index contributed by atoms with van der Waals surface area (Å²) in [5, 5.41) is 11.9. The van der Waals surface area contributed by atoms with Gasteiger partial charge in [0, 0.05) is 12.1 Å². The quantitative estimate of drug-likeness (QED) is 0.443. The normalized spacial score (nSPS) is 30.6. The number of hydrogen-bond donors (Lipinski definition) is 2. The molecule has 1 fully saturated rings. The monoisotopic (exact) mass is 143 g/mol. The van der Waals surface area contributed by atoms with Gasteiger partial charge in [-0.1, -0.05) is 26.2 Å². The zero-order chi connectivity index (χ0) is 7.40. The van der Waals surface area contributed by atoms with E-state index in [1.807, 2.05) is 0 Å². The summed E-state index contributed by atoms with van der Waals surface area (Å²) in [5.41, 5.74) is 0. The molecule has 2 heteroatoms. The van der Waals surface area contributed by atoms with Gasteiger partial charge in [-0.2, -0.15) is 0 Å². The molecule has 0 aliphatic carbocycles. The van der Waals surface area contributed by atoms with Crippen LogP contribution >= 0.6 is 0 Å². The summed E-state index contributed by atoms with van der Waals surface area (Å²) in [6.07, 6.45) is 5.18. The maximum atomic E-state index is 8.67. The first-order valence-corrected chi connectivity index (χ1v) is 4.25. The third kappa shape index (κ3) is 2.27. The Bertz CT molecular complexity index is 95.3. The summed E-state index contributed by atoms with van der Waals surface area (Å²) in [6, 6.07) is 1.06. The molecule has 10 heavy (non-hydrogen) atoms. The van der Waals surface area contributed by atoms with E-state index in [4.69, 9.17) is 5.11 Å². The van der Waals surface area contributed by atoms with Gasteiger partial charge in [0.2, 0.25) is 0 Å². The molecule has 0 amide bonds. The van der Waals surface area contributed by atoms with Crippen molar-refractivity contribution >= 4 is 0 Å². The fourth-order valence-electron chi connectivity index (χ4n) is 1.30. The SMILES string of the molecule is CCCCC[C@@H]1N[C@H]1CO. The van der Waals surface area contributed by atoms with Crippen molar-refractivity contribution in [2.75, 3.05) is 6.61 Å². The summed E-state index contributed by atoms with van der Waals surface area (Å²) in [5.74, 6) is 0. The van der Waals surface area contributed by atoms with E-state index in [2.05, 4.69) is 12.2 Å². The number of nitrogens with one attached hydrogen (secondary N) is 1. The molecule has 60 valence electrons. The summed E-state index contributed by atoms with van der Waals surface area (Å²) in [6.45, 7) is 2.53. The first-order chi connectivity index (χ1) is 4.88. The minimum Gasteiger partial charge on any atom is -0.395 e. The first kappa shape index (κ1) is 8.02. The fraction of sp³-hybridized carbons (Fsp3) is 1.00. The highest BCUT2D eigenvalue weighted by Crippen LogP contribution is 2.17. The molecule has 2 atom stereocenters. The number of aliphatic hydroxyl groups is 1. The van der Waals surface area contributed by atoms with Crippen LogP contribution in [0.1, 0.15) is 32.6 Å². The van der Waals surface area contributed by atoms with E-state index >= 15 is 0 Å². The van der Waals surface area contributed by atoms with E-state index in [-0.39, 0.29) is 0 Å². The molecule has 0 aromatic carbocycles. The van der Waals surface area contributed by atoms with E-state index in [1.54, 1.807) is 0 Å². The molecule has 0 aromatic rings. The molecule has 0 spiro atoms. The van der Waals surface area contributed by atoms with Crippen LogP contribution < -0.4 is 5.32 Å². The van der Waals surface area contributed by atoms with Crippen LogP contribution in [0.25, 0.3) is 0 Å². The number of aliphatic hydroxyl groups excluding tert-OH is 1. The zero-order valence-electron chi connectivity index (χ0n) is 6.64. The molecular weight excluding hydrogens is 126 g/mol. The maximum Gasteiger partial charge on any atom is 0.0599 e. The van der Waals surface area contributed by atoms with Gasteiger partial charge in [-0.3, -0.25) is 0 Å². The average molecular weight is 143 g/mol. The van der Waals surface area contributed by atoms with Gasteiger partial charge >= 0.3 is 0 Å². The van der Waals surface area contributed by atoms with Gasteiger partial charge in [0.05, 0.1) is 6.61 Å². The molecule has 0 radical (unpaired) electrons. The molecule has 0 bridgehead atoms. The number of hydrogen-bond acceptors (Lipinski definition) is 2. The molecule has 2 N–H and O–H groups in total. The smallest absolute Gasteiger partial charge is 0.0599 e. The van der Waals surface area contributed by atoms with Crippen LogP contribution in [0.3, 0.4) is 0 Å². The molecule has 0 aromatic heterocycles. The molecule has 2 nitrogen and oxygen atoms in total. The summed E-state index contributed by atoms with van der Waals surface area (Å²) < 4.78 is 0. The lowest BCUT2D eigenvalue weighted by molar-refractivity contribution is 0.293. The van der Waals surface area contributed by atoms with Crippen molar-refractivity contribution < 1.29 is 5.11 Å². The Hall–Kier alpha value is -0.0800. The lowest BCUT2D eigenvalue weighted by Crippen LogP contribution is -1.98. The Labute approximate surface area is 62.6 Å². The van der Waals surface area contributed by atoms with Crippen molar-refractivity contribution in [2.24, 2.45) is 0 Å². The third-order valence-electron chi connectivity index (χ3n) is 2.12. The van der Waals surface area contributed by atoms with E-state index < -0.39 is 0 Å². The van der Waals surface area contributed by atoms with E-state index in [0.717, 1.165) is 0 Å². The molecule has 0 saturated carbocycles. The second-order valence-electron chi connectivity index (χ2n) is 3.06. The van der Waals surface area contributed by atoms with Crippen molar-refractivity contribution in [1.82, 2.24) is 5.32 Å². The highest BCUT2D eigenvalue weighted by molar-refractivity contribution is 4.96. The largest absolute Gasteiger partial charge is 0.395 e. The van der Waals surface area contributed by atoms with Crippen LogP contribution in [-0.2, 0) is 0 Å². The Balaban J connectivity index is 1.87. The van der Waals surface area contributed by atoms with Gasteiger partial charge in [-0.25, -0.2) is 0 Å². The Morgan fingerprint density at radius 2 is 2.10 bits per heavy atom. The summed E-state index contributed by atoms with van der Waals surface area (Å²) in [7, 11) is 0. The van der Waals surface area contributed by atoms with Gasteiger partial charge in [0.1, 0.15) is 0 Å². The lowest BCUT2D eigenvalue weighted by Gasteiger charge is -1.93. The Morgan fingerprint density at radius 1 is 1.30 bits per heavy atom. The van der Waals surface area contributed by atoms with Gasteiger partial charge in [0.15, 0.2) is 0 Å². The molecule has 1 saturated heterocycles. The zero-order valence-corrected chi connectivity index (χ0v) is 6.64. The van der Waals surface area contributed by atoms with Gasteiger partial charge in [-0.05, 0) is 6.42 Å². The summed E-state index contributed by atoms with van der Waals surface area (Å²) >= 11 is 0. The Kier molecular flexibility index (Phi) is 3.16. The summed E-state index contributed by atoms with van der Waals surface area (Å²) in [4.78, 5) is 0. The van der Waals surface area contributed by atoms with E-state index in [9.17, 15) is 0 Å². The van der Waals surface area contributed by atoms with Crippen molar-refractivity contribution in [1.29, 1.82) is 0 Å². The van der Waals surface area contributed by atoms with Crippen LogP contribution in [0.2, 0.25) is 0 Å². The van der Waals surface area contributed by atoms with Gasteiger partial charge in [0.25, 0.3) is 0 Å². The highest BCUT2D eigenvalue weighted by atomic mass is 16.3. The van der Waals surface area contributed by atoms with Crippen molar-refractivity contribution in [3.63, 3.8) is 0 Å². The third-order valence-corrected chi connectivity index (χ3v) is 2.12. The molecule has 0 unspecified atom stereocenters. The predicted octanol–water partition coefficient (Wildman–Crippen LogP) is 0.899. The highest BCUT2D eigenvalue weighted by Gasteiger charge is 2.33. The molecule has 1 heterocycles. The second kappa shape index (κ2) is 3.94. The van der Waals surface area contributed by atoms with Crippen LogP contribution in [0.15, 0.2) is 0 Å². The van der Waals surface area contributed by atoms with E-state index in [0.29, 0.717) is 18.7 Å².